The molecule has 0 aromatic heterocycles. The third-order valence-corrected chi connectivity index (χ3v) is 4.08. The summed E-state index contributed by atoms with van der Waals surface area (Å²) in [6.45, 7) is 7.72. The minimum Gasteiger partial charge on any atom is -0.598 e. The van der Waals surface area contributed by atoms with E-state index in [-0.39, 0.29) is 16.6 Å². The molecule has 0 aliphatic carbocycles. The predicted octanol–water partition coefficient (Wildman–Crippen LogP) is 3.33. The largest absolute Gasteiger partial charge is 0.598 e. The molecule has 4 heteroatoms. The van der Waals surface area contributed by atoms with Crippen LogP contribution in [0, 0.1) is 5.82 Å². The first-order valence-corrected chi connectivity index (χ1v) is 6.93. The zero-order valence-corrected chi connectivity index (χ0v) is 11.6. The molecule has 1 N–H and O–H groups in total. The maximum Gasteiger partial charge on any atom is 0.136 e. The predicted molar refractivity (Wildman–Crippen MR) is 70.5 cm³/mol. The van der Waals surface area contributed by atoms with Crippen molar-refractivity contribution in [3.8, 4) is 0 Å². The zero-order valence-electron chi connectivity index (χ0n) is 10.8. The topological polar surface area (TPSA) is 35.1 Å². The summed E-state index contributed by atoms with van der Waals surface area (Å²) in [4.78, 5) is 0. The van der Waals surface area contributed by atoms with Gasteiger partial charge in [-0.25, -0.2) is 4.39 Å². The van der Waals surface area contributed by atoms with Crippen molar-refractivity contribution in [1.29, 1.82) is 0 Å². The van der Waals surface area contributed by atoms with Gasteiger partial charge < -0.3 is 4.55 Å². The molecule has 1 rings (SSSR count). The van der Waals surface area contributed by atoms with Gasteiger partial charge in [0.2, 0.25) is 0 Å². The SMILES string of the molecule is CC[C@@H](N[S+]([O-])C(C)(C)C)c1cccc(F)c1. The molecule has 1 aromatic carbocycles. The number of benzene rings is 1. The number of halogens is 1. The lowest BCUT2D eigenvalue weighted by atomic mass is 10.1. The molecule has 0 aliphatic rings. The molecule has 0 saturated heterocycles. The van der Waals surface area contributed by atoms with Crippen LogP contribution in [0.15, 0.2) is 24.3 Å². The Bertz CT molecular complexity index is 365. The highest BCUT2D eigenvalue weighted by molar-refractivity contribution is 7.90. The van der Waals surface area contributed by atoms with Crippen LogP contribution in [-0.4, -0.2) is 9.30 Å². The molecule has 0 saturated carbocycles. The number of hydrogen-bond acceptors (Lipinski definition) is 2. The average molecular weight is 257 g/mol. The second-order valence-corrected chi connectivity index (χ2v) is 7.01. The van der Waals surface area contributed by atoms with Crippen LogP contribution < -0.4 is 4.72 Å². The normalized spacial score (nSPS) is 15.6. The molecule has 17 heavy (non-hydrogen) atoms. The molecule has 0 heterocycles. The molecule has 96 valence electrons. The summed E-state index contributed by atoms with van der Waals surface area (Å²) in [7, 11) is 0. The van der Waals surface area contributed by atoms with Crippen LogP contribution in [0.1, 0.15) is 45.7 Å². The second-order valence-electron chi connectivity index (χ2n) is 5.01. The summed E-state index contributed by atoms with van der Waals surface area (Å²) in [5, 5.41) is 0. The second kappa shape index (κ2) is 5.85. The number of rotatable bonds is 4. The van der Waals surface area contributed by atoms with E-state index in [0.717, 1.165) is 12.0 Å². The van der Waals surface area contributed by atoms with E-state index >= 15 is 0 Å². The van der Waals surface area contributed by atoms with Crippen molar-refractivity contribution in [2.24, 2.45) is 0 Å². The van der Waals surface area contributed by atoms with E-state index in [0.29, 0.717) is 0 Å². The summed E-state index contributed by atoms with van der Waals surface area (Å²) < 4.78 is 27.9. The summed E-state index contributed by atoms with van der Waals surface area (Å²) >= 11 is -1.15. The molecule has 0 bridgehead atoms. The van der Waals surface area contributed by atoms with E-state index in [9.17, 15) is 8.94 Å². The molecule has 0 radical (unpaired) electrons. The molecule has 2 atom stereocenters. The first kappa shape index (κ1) is 14.5. The van der Waals surface area contributed by atoms with Crippen LogP contribution in [-0.2, 0) is 11.4 Å². The van der Waals surface area contributed by atoms with Gasteiger partial charge >= 0.3 is 0 Å². The van der Waals surface area contributed by atoms with Gasteiger partial charge in [-0.3, -0.25) is 0 Å². The first-order chi connectivity index (χ1) is 7.84. The Morgan fingerprint density at radius 2 is 2.06 bits per heavy atom. The highest BCUT2D eigenvalue weighted by Gasteiger charge is 2.29. The van der Waals surface area contributed by atoms with Gasteiger partial charge in [-0.1, -0.05) is 19.1 Å². The zero-order chi connectivity index (χ0) is 13.1. The molecular weight excluding hydrogens is 237 g/mol. The van der Waals surface area contributed by atoms with E-state index in [1.165, 1.54) is 12.1 Å². The van der Waals surface area contributed by atoms with Gasteiger partial charge in [0, 0.05) is 11.4 Å². The highest BCUT2D eigenvalue weighted by Crippen LogP contribution is 2.22. The Kier molecular flexibility index (Phi) is 4.98. The quantitative estimate of drug-likeness (QED) is 0.840. The highest BCUT2D eigenvalue weighted by atomic mass is 32.2. The van der Waals surface area contributed by atoms with Crippen LogP contribution in [0.3, 0.4) is 0 Å². The molecular formula is C13H20FNOS. The maximum absolute atomic E-state index is 13.1. The Labute approximate surface area is 106 Å². The molecule has 2 nitrogen and oxygen atoms in total. The molecule has 0 fully saturated rings. The fraction of sp³-hybridized carbons (Fsp3) is 0.538. The first-order valence-electron chi connectivity index (χ1n) is 5.78. The van der Waals surface area contributed by atoms with Crippen molar-refractivity contribution in [2.75, 3.05) is 0 Å². The van der Waals surface area contributed by atoms with Crippen molar-refractivity contribution >= 4 is 11.4 Å². The molecule has 0 aliphatic heterocycles. The van der Waals surface area contributed by atoms with Crippen molar-refractivity contribution in [3.05, 3.63) is 35.6 Å². The number of nitrogens with one attached hydrogen (secondary N) is 1. The van der Waals surface area contributed by atoms with E-state index in [4.69, 9.17) is 0 Å². The fourth-order valence-corrected chi connectivity index (χ4v) is 2.33. The monoisotopic (exact) mass is 257 g/mol. The van der Waals surface area contributed by atoms with Crippen molar-refractivity contribution < 1.29 is 8.94 Å². The molecule has 0 spiro atoms. The third-order valence-electron chi connectivity index (χ3n) is 2.46. The van der Waals surface area contributed by atoms with Crippen LogP contribution in [0.4, 0.5) is 4.39 Å². The summed E-state index contributed by atoms with van der Waals surface area (Å²) in [5.74, 6) is -0.260. The summed E-state index contributed by atoms with van der Waals surface area (Å²) in [6.07, 6.45) is 0.769. The Balaban J connectivity index is 2.79. The van der Waals surface area contributed by atoms with Gasteiger partial charge in [-0.2, -0.15) is 0 Å². The van der Waals surface area contributed by atoms with E-state index in [1.54, 1.807) is 6.07 Å². The van der Waals surface area contributed by atoms with Crippen LogP contribution in [0.25, 0.3) is 0 Å². The van der Waals surface area contributed by atoms with Gasteiger partial charge in [0.1, 0.15) is 10.6 Å². The van der Waals surface area contributed by atoms with Crippen LogP contribution in [0.2, 0.25) is 0 Å². The Hall–Kier alpha value is -0.580. The van der Waals surface area contributed by atoms with E-state index in [2.05, 4.69) is 4.72 Å². The lowest BCUT2D eigenvalue weighted by molar-refractivity contribution is 0.517. The van der Waals surface area contributed by atoms with Gasteiger partial charge in [-0.15, -0.1) is 4.72 Å². The standard InChI is InChI=1S/C13H20FNOS/c1-5-12(15-17(16)13(2,3)4)10-7-6-8-11(14)9-10/h6-9,12,15H,5H2,1-4H3/t12-,17?/m1/s1. The maximum atomic E-state index is 13.1. The van der Waals surface area contributed by atoms with Gasteiger partial charge in [0.15, 0.2) is 0 Å². The average Bonchev–Trinajstić information content (AvgIpc) is 2.24. The minimum absolute atomic E-state index is 0.0780. The van der Waals surface area contributed by atoms with Crippen LogP contribution >= 0.6 is 0 Å². The smallest absolute Gasteiger partial charge is 0.136 e. The Morgan fingerprint density at radius 3 is 2.53 bits per heavy atom. The molecule has 0 amide bonds. The van der Waals surface area contributed by atoms with Gasteiger partial charge in [0.25, 0.3) is 0 Å². The Morgan fingerprint density at radius 1 is 1.41 bits per heavy atom. The fourth-order valence-electron chi connectivity index (χ4n) is 1.42. The van der Waals surface area contributed by atoms with E-state index in [1.807, 2.05) is 33.8 Å². The van der Waals surface area contributed by atoms with Crippen molar-refractivity contribution in [2.45, 2.75) is 44.9 Å². The van der Waals surface area contributed by atoms with Crippen LogP contribution in [0.5, 0.6) is 0 Å². The lowest BCUT2D eigenvalue weighted by Gasteiger charge is -2.27. The number of hydrogen-bond donors (Lipinski definition) is 1. The van der Waals surface area contributed by atoms with E-state index < -0.39 is 11.4 Å². The summed E-state index contributed by atoms with van der Waals surface area (Å²) in [5.41, 5.74) is 0.838. The van der Waals surface area contributed by atoms with Gasteiger partial charge in [0.05, 0.1) is 6.04 Å². The van der Waals surface area contributed by atoms with Crippen molar-refractivity contribution in [3.63, 3.8) is 0 Å². The molecule has 1 aromatic rings. The van der Waals surface area contributed by atoms with Crippen molar-refractivity contribution in [1.82, 2.24) is 4.72 Å². The lowest BCUT2D eigenvalue weighted by Crippen LogP contribution is -2.41. The summed E-state index contributed by atoms with van der Waals surface area (Å²) in [6, 6.07) is 6.35. The third kappa shape index (κ3) is 4.30. The van der Waals surface area contributed by atoms with Gasteiger partial charge in [-0.05, 0) is 44.9 Å². The minimum atomic E-state index is -1.15. The molecule has 1 unspecified atom stereocenters.